The summed E-state index contributed by atoms with van der Waals surface area (Å²) in [5.74, 6) is 0. The third-order valence-electron chi connectivity index (χ3n) is 3.64. The largest absolute Gasteiger partial charge is 0.233 e. The van der Waals surface area contributed by atoms with Crippen molar-refractivity contribution < 1.29 is 0 Å². The van der Waals surface area contributed by atoms with Gasteiger partial charge in [-0.05, 0) is 31.0 Å². The molecule has 0 atom stereocenters. The lowest BCUT2D eigenvalue weighted by Crippen LogP contribution is -2.03. The second kappa shape index (κ2) is 5.66. The van der Waals surface area contributed by atoms with Gasteiger partial charge in [0.2, 0.25) is 0 Å². The summed E-state index contributed by atoms with van der Waals surface area (Å²) in [6, 6.07) is 7.77. The summed E-state index contributed by atoms with van der Waals surface area (Å²) in [6.07, 6.45) is 3.44. The SMILES string of the molecule is CCc1cnn2c(Cl)c(Cc3ccc(Cl)cc3)c(C)nc12. The summed E-state index contributed by atoms with van der Waals surface area (Å²) in [5, 5.41) is 5.71. The van der Waals surface area contributed by atoms with E-state index in [1.807, 2.05) is 37.4 Å². The molecule has 3 rings (SSSR count). The molecule has 0 spiro atoms. The smallest absolute Gasteiger partial charge is 0.160 e. The molecule has 0 aliphatic heterocycles. The lowest BCUT2D eigenvalue weighted by atomic mass is 10.1. The fourth-order valence-electron chi connectivity index (χ4n) is 2.40. The second-order valence-electron chi connectivity index (χ2n) is 5.03. The molecule has 3 nitrogen and oxygen atoms in total. The van der Waals surface area contributed by atoms with Gasteiger partial charge in [0.05, 0.1) is 6.20 Å². The van der Waals surface area contributed by atoms with Crippen molar-refractivity contribution >= 4 is 28.8 Å². The number of hydrogen-bond acceptors (Lipinski definition) is 2. The molecule has 5 heteroatoms. The average molecular weight is 320 g/mol. The molecule has 0 radical (unpaired) electrons. The predicted molar refractivity (Wildman–Crippen MR) is 86.4 cm³/mol. The van der Waals surface area contributed by atoms with Gasteiger partial charge in [-0.1, -0.05) is 42.3 Å². The van der Waals surface area contributed by atoms with Gasteiger partial charge in [0.1, 0.15) is 5.15 Å². The number of hydrogen-bond donors (Lipinski definition) is 0. The zero-order valence-corrected chi connectivity index (χ0v) is 13.4. The van der Waals surface area contributed by atoms with Crippen LogP contribution in [0, 0.1) is 6.92 Å². The number of halogens is 2. The molecule has 0 bridgehead atoms. The topological polar surface area (TPSA) is 30.2 Å². The van der Waals surface area contributed by atoms with E-state index < -0.39 is 0 Å². The second-order valence-corrected chi connectivity index (χ2v) is 5.82. The maximum Gasteiger partial charge on any atom is 0.160 e. The van der Waals surface area contributed by atoms with Crippen LogP contribution in [0.15, 0.2) is 30.5 Å². The molecule has 0 unspecified atom stereocenters. The van der Waals surface area contributed by atoms with Gasteiger partial charge in [0.15, 0.2) is 5.65 Å². The Morgan fingerprint density at radius 3 is 2.52 bits per heavy atom. The summed E-state index contributed by atoms with van der Waals surface area (Å²) < 4.78 is 1.72. The van der Waals surface area contributed by atoms with E-state index in [2.05, 4.69) is 17.0 Å². The molecule has 0 amide bonds. The zero-order chi connectivity index (χ0) is 15.0. The first-order chi connectivity index (χ1) is 10.1. The van der Waals surface area contributed by atoms with Gasteiger partial charge >= 0.3 is 0 Å². The zero-order valence-electron chi connectivity index (χ0n) is 11.9. The van der Waals surface area contributed by atoms with Crippen molar-refractivity contribution in [3.8, 4) is 0 Å². The van der Waals surface area contributed by atoms with E-state index in [0.717, 1.165) is 39.5 Å². The van der Waals surface area contributed by atoms with Crippen LogP contribution in [-0.2, 0) is 12.8 Å². The third-order valence-corrected chi connectivity index (χ3v) is 4.28. The summed E-state index contributed by atoms with van der Waals surface area (Å²) in [4.78, 5) is 4.67. The third kappa shape index (κ3) is 2.63. The van der Waals surface area contributed by atoms with E-state index in [9.17, 15) is 0 Å². The van der Waals surface area contributed by atoms with Gasteiger partial charge in [0.25, 0.3) is 0 Å². The van der Waals surface area contributed by atoms with E-state index in [0.29, 0.717) is 11.6 Å². The summed E-state index contributed by atoms with van der Waals surface area (Å²) in [6.45, 7) is 4.08. The van der Waals surface area contributed by atoms with Crippen LogP contribution in [-0.4, -0.2) is 14.6 Å². The Balaban J connectivity index is 2.08. The molecule has 0 saturated heterocycles. The Morgan fingerprint density at radius 2 is 1.86 bits per heavy atom. The fraction of sp³-hybridized carbons (Fsp3) is 0.250. The number of rotatable bonds is 3. The van der Waals surface area contributed by atoms with Crippen molar-refractivity contribution in [2.75, 3.05) is 0 Å². The molecule has 0 saturated carbocycles. The van der Waals surface area contributed by atoms with Crippen LogP contribution in [0.2, 0.25) is 10.2 Å². The van der Waals surface area contributed by atoms with Crippen LogP contribution in [0.3, 0.4) is 0 Å². The first-order valence-corrected chi connectivity index (χ1v) is 7.61. The molecule has 2 aromatic heterocycles. The van der Waals surface area contributed by atoms with Gasteiger partial charge < -0.3 is 0 Å². The minimum absolute atomic E-state index is 0.632. The first kappa shape index (κ1) is 14.4. The molecule has 21 heavy (non-hydrogen) atoms. The van der Waals surface area contributed by atoms with Crippen molar-refractivity contribution in [3.63, 3.8) is 0 Å². The average Bonchev–Trinajstić information content (AvgIpc) is 2.88. The van der Waals surface area contributed by atoms with Gasteiger partial charge in [-0.25, -0.2) is 9.50 Å². The molecule has 0 aliphatic rings. The molecule has 1 aromatic carbocycles. The molecule has 0 N–H and O–H groups in total. The number of benzene rings is 1. The molecule has 108 valence electrons. The number of fused-ring (bicyclic) bond motifs is 1. The Labute approximate surface area is 133 Å². The van der Waals surface area contributed by atoms with E-state index in [4.69, 9.17) is 23.2 Å². The molecular weight excluding hydrogens is 305 g/mol. The highest BCUT2D eigenvalue weighted by Crippen LogP contribution is 2.25. The van der Waals surface area contributed by atoms with Crippen molar-refractivity contribution in [1.29, 1.82) is 0 Å². The van der Waals surface area contributed by atoms with E-state index in [1.165, 1.54) is 0 Å². The van der Waals surface area contributed by atoms with E-state index in [1.54, 1.807) is 4.52 Å². The Morgan fingerprint density at radius 1 is 1.14 bits per heavy atom. The monoisotopic (exact) mass is 319 g/mol. The maximum atomic E-state index is 6.53. The van der Waals surface area contributed by atoms with Crippen molar-refractivity contribution in [3.05, 3.63) is 63.0 Å². The highest BCUT2D eigenvalue weighted by molar-refractivity contribution is 6.31. The van der Waals surface area contributed by atoms with Crippen LogP contribution in [0.5, 0.6) is 0 Å². The quantitative estimate of drug-likeness (QED) is 0.665. The van der Waals surface area contributed by atoms with Crippen molar-refractivity contribution in [2.45, 2.75) is 26.7 Å². The van der Waals surface area contributed by atoms with Gasteiger partial charge in [-0.15, -0.1) is 0 Å². The normalized spacial score (nSPS) is 11.2. The van der Waals surface area contributed by atoms with Crippen LogP contribution in [0.4, 0.5) is 0 Å². The molecule has 2 heterocycles. The van der Waals surface area contributed by atoms with Gasteiger partial charge in [-0.3, -0.25) is 0 Å². The van der Waals surface area contributed by atoms with Crippen LogP contribution >= 0.6 is 23.2 Å². The molecule has 0 fully saturated rings. The van der Waals surface area contributed by atoms with Gasteiger partial charge in [0, 0.05) is 28.3 Å². The van der Waals surface area contributed by atoms with E-state index in [-0.39, 0.29) is 0 Å². The highest BCUT2D eigenvalue weighted by Gasteiger charge is 2.14. The van der Waals surface area contributed by atoms with Crippen LogP contribution < -0.4 is 0 Å². The predicted octanol–water partition coefficient (Wildman–Crippen LogP) is 4.50. The van der Waals surface area contributed by atoms with Crippen molar-refractivity contribution in [2.24, 2.45) is 0 Å². The Bertz CT molecular complexity index is 791. The first-order valence-electron chi connectivity index (χ1n) is 6.86. The summed E-state index contributed by atoms with van der Waals surface area (Å²) in [5.41, 5.74) is 5.04. The summed E-state index contributed by atoms with van der Waals surface area (Å²) in [7, 11) is 0. The lowest BCUT2D eigenvalue weighted by molar-refractivity contribution is 0.902. The Hall–Kier alpha value is -1.58. The Kier molecular flexibility index (Phi) is 3.87. The minimum Gasteiger partial charge on any atom is -0.233 e. The van der Waals surface area contributed by atoms with Crippen LogP contribution in [0.25, 0.3) is 5.65 Å². The van der Waals surface area contributed by atoms with Crippen molar-refractivity contribution in [1.82, 2.24) is 14.6 Å². The fourth-order valence-corrected chi connectivity index (χ4v) is 2.85. The molecular formula is C16H15Cl2N3. The number of aryl methyl sites for hydroxylation is 2. The maximum absolute atomic E-state index is 6.53. The number of nitrogens with zero attached hydrogens (tertiary/aromatic N) is 3. The summed E-state index contributed by atoms with van der Waals surface area (Å²) >= 11 is 12.5. The molecule has 3 aromatic rings. The number of aromatic nitrogens is 3. The van der Waals surface area contributed by atoms with E-state index >= 15 is 0 Å². The van der Waals surface area contributed by atoms with Crippen LogP contribution in [0.1, 0.15) is 29.3 Å². The highest BCUT2D eigenvalue weighted by atomic mass is 35.5. The van der Waals surface area contributed by atoms with Gasteiger partial charge in [-0.2, -0.15) is 5.10 Å². The standard InChI is InChI=1S/C16H15Cl2N3/c1-3-12-9-19-21-15(18)14(10(2)20-16(12)21)8-11-4-6-13(17)7-5-11/h4-7,9H,3,8H2,1-2H3. The lowest BCUT2D eigenvalue weighted by Gasteiger charge is -2.10. The minimum atomic E-state index is 0.632. The molecule has 0 aliphatic carbocycles.